The molecule has 2 amide bonds. The van der Waals surface area contributed by atoms with E-state index in [0.717, 1.165) is 18.4 Å². The first-order valence-electron chi connectivity index (χ1n) is 12.7. The maximum absolute atomic E-state index is 14.7. The van der Waals surface area contributed by atoms with Crippen LogP contribution in [0.25, 0.3) is 43.6 Å². The lowest BCUT2D eigenvalue weighted by atomic mass is 9.96. The third-order valence-corrected chi connectivity index (χ3v) is 8.35. The van der Waals surface area contributed by atoms with Gasteiger partial charge in [0.05, 0.1) is 40.5 Å². The highest BCUT2D eigenvalue weighted by Crippen LogP contribution is 2.46. The molecule has 7 rings (SSSR count). The molecule has 2 aliphatic heterocycles. The number of nitrogens with one attached hydrogen (secondary N) is 2. The summed E-state index contributed by atoms with van der Waals surface area (Å²) in [4.78, 5) is 29.4. The van der Waals surface area contributed by atoms with Crippen LogP contribution in [0.15, 0.2) is 36.4 Å². The lowest BCUT2D eigenvalue weighted by molar-refractivity contribution is -0.247. The number of amides is 2. The van der Waals surface area contributed by atoms with E-state index in [1.165, 1.54) is 28.8 Å². The number of aliphatic hydroxyl groups is 3. The van der Waals surface area contributed by atoms with Crippen LogP contribution in [0.4, 0.5) is 8.78 Å². The molecule has 0 unspecified atom stereocenters. The van der Waals surface area contributed by atoms with Crippen molar-refractivity contribution in [2.45, 2.75) is 30.6 Å². The molecule has 1 fully saturated rings. The molecule has 5 aromatic rings. The van der Waals surface area contributed by atoms with Crippen LogP contribution in [0.2, 0.25) is 0 Å². The van der Waals surface area contributed by atoms with E-state index in [-0.39, 0.29) is 49.2 Å². The number of H-pyrrole nitrogens is 1. The Hall–Kier alpha value is -3.99. The number of carbonyl (C=O) groups excluding carboxylic acids is 2. The van der Waals surface area contributed by atoms with Gasteiger partial charge in [0.25, 0.3) is 21.9 Å². The summed E-state index contributed by atoms with van der Waals surface area (Å²) in [5.41, 5.74) is 0.796. The van der Waals surface area contributed by atoms with Gasteiger partial charge in [0.15, 0.2) is 6.23 Å². The Morgan fingerprint density at radius 1 is 0.929 bits per heavy atom. The van der Waals surface area contributed by atoms with Crippen molar-refractivity contribution >= 4 is 65.5 Å². The molecule has 4 heterocycles. The first-order chi connectivity index (χ1) is 19.9. The molecule has 5 atom stereocenters. The second kappa shape index (κ2) is 9.00. The summed E-state index contributed by atoms with van der Waals surface area (Å²) in [6.45, 7) is -0.709. The monoisotopic (exact) mass is 601 g/mol. The minimum atomic E-state index is -3.98. The van der Waals surface area contributed by atoms with Crippen LogP contribution in [-0.2, 0) is 19.0 Å². The van der Waals surface area contributed by atoms with Gasteiger partial charge in [-0.15, -0.1) is 0 Å². The van der Waals surface area contributed by atoms with Crippen molar-refractivity contribution in [3.8, 4) is 0 Å². The van der Waals surface area contributed by atoms with Gasteiger partial charge >= 0.3 is 0 Å². The molecule has 218 valence electrons. The molecule has 0 saturated carbocycles. The standard InChI is InChI=1S/C27H21F2N3O9S/c1-42(38,39)40-8-15-22(33)23(34)24(35)27(41-15)32-14-5-3-10(29)7-12(14)17-19-18(25(36)31-26(19)37)16-11-6-9(28)2-4-13(11)30-20(16)21(17)32/h2-7,15,22-24,27,30,33-35H,8H2,1H3,(H,31,36,37)/t15-,22-,23+,24-,27-/m1/s1. The largest absolute Gasteiger partial charge is 0.387 e. The van der Waals surface area contributed by atoms with Gasteiger partial charge in [-0.3, -0.25) is 19.1 Å². The third kappa shape index (κ3) is 3.78. The number of hydrogen-bond donors (Lipinski definition) is 5. The number of carbonyl (C=O) groups is 2. The SMILES string of the molecule is CS(=O)(=O)OC[C@H]1O[C@@H](n2c3ccc(F)cc3c3c4c(c5c6cc(F)ccc6[nH]c5c32)C(=O)NC4=O)[C@H](O)[C@@H](O)[C@@H]1O. The highest BCUT2D eigenvalue weighted by Gasteiger charge is 2.47. The smallest absolute Gasteiger partial charge is 0.264 e. The van der Waals surface area contributed by atoms with Gasteiger partial charge in [0.1, 0.15) is 36.1 Å². The lowest BCUT2D eigenvalue weighted by Gasteiger charge is -2.41. The first-order valence-corrected chi connectivity index (χ1v) is 14.5. The van der Waals surface area contributed by atoms with E-state index < -0.39 is 70.8 Å². The van der Waals surface area contributed by atoms with Gasteiger partial charge in [-0.05, 0) is 36.4 Å². The van der Waals surface area contributed by atoms with Crippen molar-refractivity contribution in [1.82, 2.24) is 14.9 Å². The highest BCUT2D eigenvalue weighted by atomic mass is 32.2. The van der Waals surface area contributed by atoms with Crippen LogP contribution in [0.1, 0.15) is 26.9 Å². The van der Waals surface area contributed by atoms with Crippen LogP contribution in [-0.4, -0.2) is 82.4 Å². The highest BCUT2D eigenvalue weighted by molar-refractivity contribution is 7.85. The normalized spacial score (nSPS) is 24.8. The summed E-state index contributed by atoms with van der Waals surface area (Å²) in [5.74, 6) is -2.81. The summed E-state index contributed by atoms with van der Waals surface area (Å²) < 4.78 is 64.5. The van der Waals surface area contributed by atoms with Crippen LogP contribution in [0.5, 0.6) is 0 Å². The molecule has 12 nitrogen and oxygen atoms in total. The van der Waals surface area contributed by atoms with E-state index in [1.54, 1.807) is 0 Å². The number of fused-ring (bicyclic) bond motifs is 10. The Balaban J connectivity index is 1.61. The average molecular weight is 602 g/mol. The topological polar surface area (TPSA) is 180 Å². The average Bonchev–Trinajstić information content (AvgIpc) is 3.55. The van der Waals surface area contributed by atoms with Gasteiger partial charge in [0, 0.05) is 27.1 Å². The van der Waals surface area contributed by atoms with Gasteiger partial charge in [-0.1, -0.05) is 0 Å². The fraction of sp³-hybridized carbons (Fsp3) is 0.259. The molecule has 15 heteroatoms. The molecule has 0 spiro atoms. The summed E-state index contributed by atoms with van der Waals surface area (Å²) >= 11 is 0. The number of rotatable bonds is 4. The molecular weight excluding hydrogens is 580 g/mol. The van der Waals surface area contributed by atoms with E-state index in [9.17, 15) is 42.1 Å². The number of ether oxygens (including phenoxy) is 1. The first kappa shape index (κ1) is 26.9. The number of aromatic amines is 1. The van der Waals surface area contributed by atoms with Gasteiger partial charge < -0.3 is 29.6 Å². The molecule has 42 heavy (non-hydrogen) atoms. The number of aromatic nitrogens is 2. The van der Waals surface area contributed by atoms with Crippen molar-refractivity contribution in [2.24, 2.45) is 0 Å². The van der Waals surface area contributed by atoms with E-state index in [4.69, 9.17) is 8.92 Å². The summed E-state index contributed by atoms with van der Waals surface area (Å²) in [6.07, 6.45) is -7.65. The quantitative estimate of drug-likeness (QED) is 0.151. The number of halogens is 2. The number of hydrogen-bond acceptors (Lipinski definition) is 9. The fourth-order valence-electron chi connectivity index (χ4n) is 6.06. The second-order valence-corrected chi connectivity index (χ2v) is 12.0. The zero-order valence-electron chi connectivity index (χ0n) is 21.5. The van der Waals surface area contributed by atoms with E-state index >= 15 is 0 Å². The van der Waals surface area contributed by atoms with Crippen LogP contribution < -0.4 is 5.32 Å². The van der Waals surface area contributed by atoms with Gasteiger partial charge in [0.2, 0.25) is 0 Å². The number of imide groups is 1. The van der Waals surface area contributed by atoms with E-state index in [1.807, 2.05) is 0 Å². The Kier molecular flexibility index (Phi) is 5.76. The minimum Gasteiger partial charge on any atom is -0.387 e. The molecule has 0 bridgehead atoms. The molecule has 5 N–H and O–H groups in total. The molecule has 3 aromatic carbocycles. The molecule has 1 saturated heterocycles. The Bertz CT molecular complexity index is 2120. The van der Waals surface area contributed by atoms with Crippen molar-refractivity contribution in [1.29, 1.82) is 0 Å². The van der Waals surface area contributed by atoms with Crippen LogP contribution >= 0.6 is 0 Å². The second-order valence-electron chi connectivity index (χ2n) is 10.4. The molecule has 0 aliphatic carbocycles. The maximum atomic E-state index is 14.7. The fourth-order valence-corrected chi connectivity index (χ4v) is 6.44. The lowest BCUT2D eigenvalue weighted by Crippen LogP contribution is -2.56. The molecule has 0 radical (unpaired) electrons. The van der Waals surface area contributed by atoms with Gasteiger partial charge in [-0.2, -0.15) is 8.42 Å². The van der Waals surface area contributed by atoms with Crippen molar-refractivity contribution in [3.05, 3.63) is 59.2 Å². The van der Waals surface area contributed by atoms with Crippen LogP contribution in [0, 0.1) is 11.6 Å². The predicted molar refractivity (Wildman–Crippen MR) is 143 cm³/mol. The third-order valence-electron chi connectivity index (χ3n) is 7.78. The Labute approximate surface area is 234 Å². The summed E-state index contributed by atoms with van der Waals surface area (Å²) in [6, 6.07) is 7.41. The van der Waals surface area contributed by atoms with Crippen molar-refractivity contribution < 1.29 is 51.0 Å². The zero-order chi connectivity index (χ0) is 29.8. The van der Waals surface area contributed by atoms with Crippen molar-refractivity contribution in [3.63, 3.8) is 0 Å². The van der Waals surface area contributed by atoms with E-state index in [0.29, 0.717) is 5.52 Å². The van der Waals surface area contributed by atoms with E-state index in [2.05, 4.69) is 10.3 Å². The molecular formula is C27H21F2N3O9S. The van der Waals surface area contributed by atoms with Crippen molar-refractivity contribution in [2.75, 3.05) is 12.9 Å². The molecule has 2 aromatic heterocycles. The number of aliphatic hydroxyl groups excluding tert-OH is 3. The van der Waals surface area contributed by atoms with Gasteiger partial charge in [-0.25, -0.2) is 8.78 Å². The summed E-state index contributed by atoms with van der Waals surface area (Å²) in [5, 5.41) is 35.5. The molecule has 2 aliphatic rings. The minimum absolute atomic E-state index is 0.0531. The Morgan fingerprint density at radius 2 is 1.57 bits per heavy atom. The van der Waals surface area contributed by atoms with Crippen LogP contribution in [0.3, 0.4) is 0 Å². The predicted octanol–water partition coefficient (Wildman–Crippen LogP) is 1.55. The maximum Gasteiger partial charge on any atom is 0.264 e. The zero-order valence-corrected chi connectivity index (χ0v) is 22.3. The summed E-state index contributed by atoms with van der Waals surface area (Å²) in [7, 11) is -3.98. The number of benzene rings is 3. The Morgan fingerprint density at radius 3 is 2.26 bits per heavy atom. The number of nitrogens with zero attached hydrogens (tertiary/aromatic N) is 1.